The van der Waals surface area contributed by atoms with Gasteiger partial charge in [-0.25, -0.2) is 4.85 Å². The van der Waals surface area contributed by atoms with Crippen LogP contribution in [0.5, 0.6) is 5.75 Å². The number of carbonyl (C=O) groups is 2. The quantitative estimate of drug-likeness (QED) is 0.488. The van der Waals surface area contributed by atoms with Gasteiger partial charge in [0.1, 0.15) is 5.75 Å². The first kappa shape index (κ1) is 14.9. The lowest BCUT2D eigenvalue weighted by Crippen LogP contribution is -2.52. The molecular weight excluding hydrogens is 270 g/mol. The Bertz CT molecular complexity index is 548. The zero-order valence-corrected chi connectivity index (χ0v) is 11.7. The van der Waals surface area contributed by atoms with Crippen molar-refractivity contribution >= 4 is 17.5 Å². The van der Waals surface area contributed by atoms with E-state index in [9.17, 15) is 9.59 Å². The first-order valence-corrected chi connectivity index (χ1v) is 6.88. The summed E-state index contributed by atoms with van der Waals surface area (Å²) in [6.07, 6.45) is 1.59. The molecule has 1 N–H and O–H groups in total. The van der Waals surface area contributed by atoms with Crippen LogP contribution in [0.15, 0.2) is 24.3 Å². The van der Waals surface area contributed by atoms with Crippen molar-refractivity contribution in [2.24, 2.45) is 0 Å². The van der Waals surface area contributed by atoms with E-state index < -0.39 is 11.8 Å². The average Bonchev–Trinajstić information content (AvgIpc) is 2.51. The lowest BCUT2D eigenvalue weighted by Gasteiger charge is -2.26. The number of benzene rings is 1. The number of hydrogen-bond acceptors (Lipinski definition) is 3. The molecule has 1 aliphatic heterocycles. The van der Waals surface area contributed by atoms with Gasteiger partial charge >= 0.3 is 11.8 Å². The van der Waals surface area contributed by atoms with Gasteiger partial charge < -0.3 is 15.0 Å². The van der Waals surface area contributed by atoms with Crippen LogP contribution in [-0.4, -0.2) is 43.0 Å². The summed E-state index contributed by atoms with van der Waals surface area (Å²) in [5.41, 5.74) is 0.587. The van der Waals surface area contributed by atoms with Crippen LogP contribution in [0.4, 0.5) is 5.69 Å². The highest BCUT2D eigenvalue weighted by atomic mass is 16.5. The van der Waals surface area contributed by atoms with E-state index in [1.807, 2.05) is 0 Å². The van der Waals surface area contributed by atoms with Crippen LogP contribution in [-0.2, 0) is 9.59 Å². The maximum atomic E-state index is 11.5. The molecule has 0 atom stereocenters. The van der Waals surface area contributed by atoms with Crippen molar-refractivity contribution < 1.29 is 14.3 Å². The first-order chi connectivity index (χ1) is 10.2. The number of amides is 2. The van der Waals surface area contributed by atoms with Crippen LogP contribution in [0.1, 0.15) is 12.8 Å². The minimum atomic E-state index is -0.516. The summed E-state index contributed by atoms with van der Waals surface area (Å²) < 4.78 is 5.56. The van der Waals surface area contributed by atoms with Crippen molar-refractivity contribution in [2.45, 2.75) is 12.8 Å². The van der Waals surface area contributed by atoms with Gasteiger partial charge in [-0.2, -0.15) is 0 Å². The smallest absolute Gasteiger partial charge is 0.311 e. The van der Waals surface area contributed by atoms with Crippen LogP contribution in [0.3, 0.4) is 0 Å². The molecule has 0 unspecified atom stereocenters. The third kappa shape index (κ3) is 4.21. The van der Waals surface area contributed by atoms with Crippen molar-refractivity contribution in [3.63, 3.8) is 0 Å². The highest BCUT2D eigenvalue weighted by Gasteiger charge is 2.25. The number of unbranched alkanes of at least 4 members (excludes halogenated alkanes) is 1. The van der Waals surface area contributed by atoms with Crippen LogP contribution >= 0.6 is 0 Å². The van der Waals surface area contributed by atoms with Crippen LogP contribution < -0.4 is 10.1 Å². The Kier molecular flexibility index (Phi) is 5.16. The monoisotopic (exact) mass is 287 g/mol. The molecule has 0 spiro atoms. The highest BCUT2D eigenvalue weighted by molar-refractivity contribution is 6.35. The van der Waals surface area contributed by atoms with Crippen LogP contribution in [0.2, 0.25) is 0 Å². The summed E-state index contributed by atoms with van der Waals surface area (Å²) in [6, 6.07) is 6.97. The van der Waals surface area contributed by atoms with Crippen LogP contribution in [0, 0.1) is 6.57 Å². The molecule has 21 heavy (non-hydrogen) atoms. The minimum absolute atomic E-state index is 0.447. The molecular formula is C15H17N3O3. The molecule has 1 saturated heterocycles. The second-order valence-electron chi connectivity index (χ2n) is 4.71. The van der Waals surface area contributed by atoms with E-state index in [0.29, 0.717) is 31.9 Å². The number of ether oxygens (including phenoxy) is 1. The summed E-state index contributed by atoms with van der Waals surface area (Å²) in [6.45, 7) is 9.08. The Hall–Kier alpha value is -2.55. The molecule has 6 heteroatoms. The summed E-state index contributed by atoms with van der Waals surface area (Å²) in [5.74, 6) is -0.231. The van der Waals surface area contributed by atoms with Gasteiger partial charge in [-0.15, -0.1) is 0 Å². The molecule has 0 aromatic heterocycles. The molecule has 1 aliphatic rings. The number of nitrogens with one attached hydrogen (secondary N) is 1. The van der Waals surface area contributed by atoms with E-state index in [1.165, 1.54) is 0 Å². The van der Waals surface area contributed by atoms with Gasteiger partial charge in [0, 0.05) is 19.6 Å². The van der Waals surface area contributed by atoms with Gasteiger partial charge in [-0.05, 0) is 25.0 Å². The zero-order valence-electron chi connectivity index (χ0n) is 11.7. The Morgan fingerprint density at radius 2 is 2.00 bits per heavy atom. The van der Waals surface area contributed by atoms with Crippen molar-refractivity contribution in [1.82, 2.24) is 10.2 Å². The lowest BCUT2D eigenvalue weighted by atomic mass is 10.2. The third-order valence-corrected chi connectivity index (χ3v) is 3.21. The second-order valence-corrected chi connectivity index (χ2v) is 4.71. The van der Waals surface area contributed by atoms with Gasteiger partial charge in [-0.3, -0.25) is 9.59 Å². The van der Waals surface area contributed by atoms with Gasteiger partial charge in [0.2, 0.25) is 0 Å². The normalized spacial score (nSPS) is 14.5. The topological polar surface area (TPSA) is 63.0 Å². The van der Waals surface area contributed by atoms with Gasteiger partial charge in [-0.1, -0.05) is 12.1 Å². The molecule has 0 bridgehead atoms. The molecule has 1 heterocycles. The Morgan fingerprint density at radius 1 is 1.24 bits per heavy atom. The zero-order chi connectivity index (χ0) is 15.1. The average molecular weight is 287 g/mol. The number of carbonyl (C=O) groups excluding carboxylic acids is 2. The number of hydrogen-bond donors (Lipinski definition) is 1. The number of piperazine rings is 1. The largest absolute Gasteiger partial charge is 0.494 e. The molecule has 1 aromatic rings. The van der Waals surface area contributed by atoms with E-state index in [4.69, 9.17) is 11.3 Å². The van der Waals surface area contributed by atoms with E-state index >= 15 is 0 Å². The van der Waals surface area contributed by atoms with Crippen molar-refractivity contribution in [3.8, 4) is 5.75 Å². The molecule has 2 amide bonds. The highest BCUT2D eigenvalue weighted by Crippen LogP contribution is 2.17. The molecule has 1 aromatic carbocycles. The summed E-state index contributed by atoms with van der Waals surface area (Å²) in [4.78, 5) is 27.6. The maximum Gasteiger partial charge on any atom is 0.311 e. The number of rotatable bonds is 6. The van der Waals surface area contributed by atoms with E-state index in [-0.39, 0.29) is 0 Å². The number of nitrogens with zero attached hydrogens (tertiary/aromatic N) is 2. The second kappa shape index (κ2) is 7.29. The SMILES string of the molecule is [C-]#[N+]c1ccc(OCCCCN2CCNC(=O)C2=O)cc1. The van der Waals surface area contributed by atoms with Crippen molar-refractivity contribution in [2.75, 3.05) is 26.2 Å². The Morgan fingerprint density at radius 3 is 2.71 bits per heavy atom. The predicted molar refractivity (Wildman–Crippen MR) is 77.0 cm³/mol. The molecule has 1 fully saturated rings. The van der Waals surface area contributed by atoms with Crippen molar-refractivity contribution in [1.29, 1.82) is 0 Å². The third-order valence-electron chi connectivity index (χ3n) is 3.21. The molecule has 2 rings (SSSR count). The van der Waals surface area contributed by atoms with Gasteiger partial charge in [0.25, 0.3) is 0 Å². The fourth-order valence-corrected chi connectivity index (χ4v) is 2.05. The minimum Gasteiger partial charge on any atom is -0.494 e. The molecule has 0 saturated carbocycles. The Balaban J connectivity index is 1.64. The standard InChI is InChI=1S/C15H17N3O3/c1-16-12-4-6-13(7-5-12)21-11-3-2-9-18-10-8-17-14(19)15(18)20/h4-7H,2-3,8-11H2,(H,17,19). The summed E-state index contributed by atoms with van der Waals surface area (Å²) in [7, 11) is 0. The van der Waals surface area contributed by atoms with E-state index in [0.717, 1.165) is 18.6 Å². The van der Waals surface area contributed by atoms with Gasteiger partial charge in [0.15, 0.2) is 5.69 Å². The lowest BCUT2D eigenvalue weighted by molar-refractivity contribution is -0.148. The van der Waals surface area contributed by atoms with E-state index in [2.05, 4.69) is 10.2 Å². The molecule has 110 valence electrons. The Labute approximate surface area is 123 Å². The fourth-order valence-electron chi connectivity index (χ4n) is 2.05. The predicted octanol–water partition coefficient (Wildman–Crippen LogP) is 1.35. The maximum absolute atomic E-state index is 11.5. The van der Waals surface area contributed by atoms with Crippen molar-refractivity contribution in [3.05, 3.63) is 35.7 Å². The van der Waals surface area contributed by atoms with Crippen LogP contribution in [0.25, 0.3) is 4.85 Å². The molecule has 0 aliphatic carbocycles. The summed E-state index contributed by atoms with van der Waals surface area (Å²) in [5, 5.41) is 2.52. The summed E-state index contributed by atoms with van der Waals surface area (Å²) >= 11 is 0. The van der Waals surface area contributed by atoms with E-state index in [1.54, 1.807) is 29.2 Å². The molecule has 6 nitrogen and oxygen atoms in total. The van der Waals surface area contributed by atoms with Gasteiger partial charge in [0.05, 0.1) is 13.2 Å². The fraction of sp³-hybridized carbons (Fsp3) is 0.400. The first-order valence-electron chi connectivity index (χ1n) is 6.88. The molecule has 0 radical (unpaired) electrons.